The van der Waals surface area contributed by atoms with Gasteiger partial charge in [-0.25, -0.2) is 18.2 Å². The molecule has 68 heavy (non-hydrogen) atoms. The summed E-state index contributed by atoms with van der Waals surface area (Å²) in [5.74, 6) is 1.11. The molecule has 0 radical (unpaired) electrons. The maximum absolute atomic E-state index is 15.4. The Morgan fingerprint density at radius 1 is 0.985 bits per heavy atom. The fourth-order valence-electron chi connectivity index (χ4n) is 12.9. The third-order valence-electron chi connectivity index (χ3n) is 17.5. The summed E-state index contributed by atoms with van der Waals surface area (Å²) in [7, 11) is -1.96. The van der Waals surface area contributed by atoms with Crippen molar-refractivity contribution in [2.24, 2.45) is 28.6 Å². The summed E-state index contributed by atoms with van der Waals surface area (Å²) < 4.78 is 47.2. The second-order valence-corrected chi connectivity index (χ2v) is 25.8. The molecule has 3 heterocycles. The van der Waals surface area contributed by atoms with Crippen LogP contribution in [-0.2, 0) is 35.6 Å². The molecule has 4 N–H and O–H groups in total. The third kappa shape index (κ3) is 9.11. The molecular formula is C51H69IN6O9S. The molecule has 8 aliphatic rings. The molecule has 2 bridgehead atoms. The van der Waals surface area contributed by atoms with E-state index >= 15 is 4.79 Å². The van der Waals surface area contributed by atoms with Crippen molar-refractivity contribution >= 4 is 67.3 Å². The van der Waals surface area contributed by atoms with Gasteiger partial charge in [0.1, 0.15) is 42.2 Å². The number of nitrogens with zero attached hydrogens (tertiary/aromatic N) is 2. The van der Waals surface area contributed by atoms with E-state index in [-0.39, 0.29) is 36.5 Å². The second-order valence-electron chi connectivity index (χ2n) is 22.2. The molecule has 4 amide bonds. The van der Waals surface area contributed by atoms with Gasteiger partial charge in [0.2, 0.25) is 27.7 Å². The zero-order valence-corrected chi connectivity index (χ0v) is 42.7. The van der Waals surface area contributed by atoms with E-state index in [0.717, 1.165) is 98.3 Å². The van der Waals surface area contributed by atoms with Crippen LogP contribution in [0.4, 0.5) is 4.79 Å². The van der Waals surface area contributed by atoms with Crippen LogP contribution in [0.1, 0.15) is 129 Å². The largest absolute Gasteiger partial charge is 0.489 e. The number of carbonyl (C=O) groups excluding carboxylic acids is 4. The van der Waals surface area contributed by atoms with Gasteiger partial charge in [0.05, 0.1) is 26.3 Å². The number of pyridine rings is 1. The predicted octanol–water partition coefficient (Wildman–Crippen LogP) is 6.78. The number of amides is 4. The standard InChI is InChI=1S/C51H69IN6O9S/c1-5-36(52)41(45(60)57-68(63,64)50(3)20-21-50)55-44(59)38-24-32-28-58(38)47(61)43(49(2)18-12-7-13-19-49)56-48(62)67-39-23-29(39)14-8-6-9-16-34-42(33-15-10-11-17-37(33)54-46(34)66-32)65-31-25-40(53-4)51(27-31)26-30-22-35(30)51/h5,10-11,15,17,29-32,35-36,38-41,43,53H,1,6-9,12-14,16,18-28H2,2-4H3,(H,55,59)(H,56,62)(H,57,60)/t29-,30?,31?,32-,35?,36+,38+,39-,40?,41?,43-,51?/m1/s1. The Hall–Kier alpha value is -3.71. The fourth-order valence-corrected chi connectivity index (χ4v) is 14.7. The molecule has 7 fully saturated rings. The molecule has 12 atom stereocenters. The summed E-state index contributed by atoms with van der Waals surface area (Å²) in [4.78, 5) is 64.5. The summed E-state index contributed by atoms with van der Waals surface area (Å²) in [6.45, 7) is 7.45. The van der Waals surface area contributed by atoms with Gasteiger partial charge >= 0.3 is 6.09 Å². The molecule has 17 heteroatoms. The van der Waals surface area contributed by atoms with Crippen molar-refractivity contribution in [1.82, 2.24) is 30.6 Å². The maximum atomic E-state index is 15.4. The summed E-state index contributed by atoms with van der Waals surface area (Å²) in [5, 5.41) is 10.4. The fraction of sp³-hybridized carbons (Fsp3) is 0.706. The van der Waals surface area contributed by atoms with E-state index in [2.05, 4.69) is 40.4 Å². The number of carbonyl (C=O) groups is 4. The van der Waals surface area contributed by atoms with Crippen molar-refractivity contribution in [3.8, 4) is 11.6 Å². The zero-order valence-electron chi connectivity index (χ0n) is 39.7. The van der Waals surface area contributed by atoms with E-state index in [1.165, 1.54) is 23.8 Å². The van der Waals surface area contributed by atoms with Crippen molar-refractivity contribution in [2.75, 3.05) is 13.6 Å². The molecule has 6 aliphatic carbocycles. The number of nitrogens with one attached hydrogen (secondary N) is 4. The van der Waals surface area contributed by atoms with Gasteiger partial charge in [-0.3, -0.25) is 19.1 Å². The lowest BCUT2D eigenvalue weighted by Gasteiger charge is -2.43. The number of alkyl carbamates (subject to hydrolysis) is 1. The highest BCUT2D eigenvalue weighted by molar-refractivity contribution is 14.1. The van der Waals surface area contributed by atoms with Crippen molar-refractivity contribution in [2.45, 2.75) is 181 Å². The summed E-state index contributed by atoms with van der Waals surface area (Å²) in [6.07, 6.45) is 14.5. The monoisotopic (exact) mass is 1070 g/mol. The number of rotatable bonds is 11. The van der Waals surface area contributed by atoms with Gasteiger partial charge in [0, 0.05) is 24.3 Å². The normalized spacial score (nSPS) is 34.7. The van der Waals surface area contributed by atoms with Crippen LogP contribution in [0, 0.1) is 28.6 Å². The molecule has 1 aromatic carbocycles. The Labute approximate surface area is 414 Å². The minimum atomic E-state index is -4.03. The number of sulfonamides is 1. The van der Waals surface area contributed by atoms with Crippen LogP contribution in [0.3, 0.4) is 0 Å². The molecule has 1 saturated heterocycles. The topological polar surface area (TPSA) is 194 Å². The average molecular weight is 1070 g/mol. The van der Waals surface area contributed by atoms with Gasteiger partial charge in [-0.1, -0.05) is 79.8 Å². The van der Waals surface area contributed by atoms with Gasteiger partial charge in [0.15, 0.2) is 0 Å². The van der Waals surface area contributed by atoms with E-state index in [0.29, 0.717) is 44.0 Å². The Morgan fingerprint density at radius 2 is 1.75 bits per heavy atom. The Balaban J connectivity index is 1.00. The van der Waals surface area contributed by atoms with Crippen LogP contribution >= 0.6 is 22.6 Å². The molecule has 370 valence electrons. The number of benzene rings is 1. The predicted molar refractivity (Wildman–Crippen MR) is 265 cm³/mol. The third-order valence-corrected chi connectivity index (χ3v) is 21.0. The van der Waals surface area contributed by atoms with E-state index in [1.54, 1.807) is 6.92 Å². The highest BCUT2D eigenvalue weighted by atomic mass is 127. The lowest BCUT2D eigenvalue weighted by molar-refractivity contribution is -0.143. The van der Waals surface area contributed by atoms with Crippen LogP contribution in [0.25, 0.3) is 10.9 Å². The van der Waals surface area contributed by atoms with E-state index in [9.17, 15) is 22.8 Å². The summed E-state index contributed by atoms with van der Waals surface area (Å²) in [6, 6.07) is 4.90. The first-order valence-electron chi connectivity index (χ1n) is 25.4. The van der Waals surface area contributed by atoms with E-state index in [1.807, 2.05) is 47.7 Å². The summed E-state index contributed by atoms with van der Waals surface area (Å²) >= 11 is 1.96. The van der Waals surface area contributed by atoms with Crippen molar-refractivity contribution in [3.63, 3.8) is 0 Å². The smallest absolute Gasteiger partial charge is 0.408 e. The number of ether oxygens (including phenoxy) is 3. The Morgan fingerprint density at radius 3 is 2.46 bits per heavy atom. The van der Waals surface area contributed by atoms with Crippen LogP contribution in [0.2, 0.25) is 0 Å². The lowest BCUT2D eigenvalue weighted by Crippen LogP contribution is -2.61. The molecule has 1 spiro atoms. The first-order valence-corrected chi connectivity index (χ1v) is 28.1. The quantitative estimate of drug-likeness (QED) is 0.105. The number of fused-ring (bicyclic) bond motifs is 7. The summed E-state index contributed by atoms with van der Waals surface area (Å²) in [5.41, 5.74) is 1.24. The minimum absolute atomic E-state index is 0.00859. The molecule has 6 unspecified atom stereocenters. The highest BCUT2D eigenvalue weighted by Crippen LogP contribution is 2.73. The van der Waals surface area contributed by atoms with Crippen molar-refractivity contribution < 1.29 is 41.8 Å². The van der Waals surface area contributed by atoms with E-state index < -0.39 is 72.2 Å². The van der Waals surface area contributed by atoms with E-state index in [4.69, 9.17) is 19.2 Å². The molecule has 1 aromatic heterocycles. The Bertz CT molecular complexity index is 2450. The number of aromatic nitrogens is 1. The highest BCUT2D eigenvalue weighted by Gasteiger charge is 2.69. The zero-order chi connectivity index (χ0) is 47.8. The molecule has 15 nitrogen and oxygen atoms in total. The molecule has 2 aromatic rings. The maximum Gasteiger partial charge on any atom is 0.408 e. The van der Waals surface area contributed by atoms with Gasteiger partial charge in [0.25, 0.3) is 5.91 Å². The average Bonchev–Trinajstić information content (AvgIpc) is 4.27. The number of hydrogen-bond acceptors (Lipinski definition) is 11. The molecular weight excluding hydrogens is 1000 g/mol. The Kier molecular flexibility index (Phi) is 13.0. The van der Waals surface area contributed by atoms with Gasteiger partial charge in [-0.05, 0) is 125 Å². The molecule has 10 rings (SSSR count). The van der Waals surface area contributed by atoms with Crippen LogP contribution in [0.15, 0.2) is 36.9 Å². The number of alkyl halides is 1. The SMILES string of the molecule is C=C[C@H](I)C(NC(=O)[C@@H]1C[C@@H]2CN1C(=O)[C@H](C1(C)CCCCC1)NC(=O)O[C@@H]1C[C@H]1CCCCCc1c(nc3ccccc3c1OC1CC(NC)C3(C1)CC1CC13)O2)C(=O)NS(=O)(=O)C1(C)CC1. The van der Waals surface area contributed by atoms with Crippen LogP contribution in [-0.4, -0.2) is 107 Å². The van der Waals surface area contributed by atoms with Crippen molar-refractivity contribution in [3.05, 3.63) is 42.5 Å². The minimum Gasteiger partial charge on any atom is -0.489 e. The number of hydrogen-bond donors (Lipinski definition) is 4. The number of halogens is 1. The van der Waals surface area contributed by atoms with Gasteiger partial charge < -0.3 is 35.1 Å². The van der Waals surface area contributed by atoms with Gasteiger partial charge in [-0.15, -0.1) is 6.58 Å². The second kappa shape index (κ2) is 18.5. The van der Waals surface area contributed by atoms with Crippen LogP contribution < -0.4 is 30.1 Å². The van der Waals surface area contributed by atoms with Crippen molar-refractivity contribution in [1.29, 1.82) is 0 Å². The van der Waals surface area contributed by atoms with Gasteiger partial charge in [-0.2, -0.15) is 0 Å². The van der Waals surface area contributed by atoms with Crippen LogP contribution in [0.5, 0.6) is 11.6 Å². The molecule has 2 aliphatic heterocycles. The molecule has 6 saturated carbocycles. The first-order chi connectivity index (χ1) is 32.5. The lowest BCUT2D eigenvalue weighted by atomic mass is 9.65. The first kappa shape index (κ1) is 47.9. The number of para-hydroxylation sites is 1.